The lowest BCUT2D eigenvalue weighted by Crippen LogP contribution is -2.24. The molecule has 1 rings (SSSR count). The van der Waals surface area contributed by atoms with Gasteiger partial charge in [0.05, 0.1) is 5.69 Å². The summed E-state index contributed by atoms with van der Waals surface area (Å²) in [6, 6.07) is 0. The number of Topliss-reactive ketones (excluding diaryl/α,β-unsaturated/α-hetero) is 1. The van der Waals surface area contributed by atoms with E-state index >= 15 is 0 Å². The van der Waals surface area contributed by atoms with Crippen molar-refractivity contribution in [2.24, 2.45) is 0 Å². The minimum absolute atomic E-state index is 0.241. The Balaban J connectivity index is 3.05. The highest BCUT2D eigenvalue weighted by atomic mass is 35.5. The van der Waals surface area contributed by atoms with Crippen LogP contribution in [0.25, 0.3) is 0 Å². The van der Waals surface area contributed by atoms with Gasteiger partial charge in [-0.15, -0.1) is 22.9 Å². The summed E-state index contributed by atoms with van der Waals surface area (Å²) in [5, 5.41) is 2.02. The van der Waals surface area contributed by atoms with Crippen LogP contribution in [0.15, 0.2) is 5.38 Å². The van der Waals surface area contributed by atoms with Crippen molar-refractivity contribution < 1.29 is 4.79 Å². The molecule has 1 aromatic heterocycles. The van der Waals surface area contributed by atoms with E-state index in [-0.39, 0.29) is 5.78 Å². The molecule has 1 radical (unpaired) electrons. The third-order valence-electron chi connectivity index (χ3n) is 1.49. The largest absolute Gasteiger partial charge is 0.375 e. The summed E-state index contributed by atoms with van der Waals surface area (Å²) in [5.41, 5.74) is 5.80. The normalized spacial score (nSPS) is 15.6. The third kappa shape index (κ3) is 1.59. The van der Waals surface area contributed by atoms with Crippen LogP contribution in [0, 0.1) is 6.92 Å². The van der Waals surface area contributed by atoms with Gasteiger partial charge in [-0.2, -0.15) is 0 Å². The van der Waals surface area contributed by atoms with E-state index < -0.39 is 4.87 Å². The van der Waals surface area contributed by atoms with Gasteiger partial charge in [-0.25, -0.2) is 4.98 Å². The lowest BCUT2D eigenvalue weighted by Gasteiger charge is -2.14. The predicted molar refractivity (Wildman–Crippen MR) is 50.1 cm³/mol. The van der Waals surface area contributed by atoms with Crippen LogP contribution >= 0.6 is 22.9 Å². The average Bonchev–Trinajstić information content (AvgIpc) is 2.35. The lowest BCUT2D eigenvalue weighted by atomic mass is 10.0. The van der Waals surface area contributed by atoms with Crippen LogP contribution in [0.3, 0.4) is 0 Å². The Hall–Kier alpha value is -0.610. The van der Waals surface area contributed by atoms with E-state index in [1.54, 1.807) is 5.38 Å². The van der Waals surface area contributed by atoms with E-state index in [1.807, 2.05) is 0 Å². The molecule has 0 aliphatic rings. The van der Waals surface area contributed by atoms with Gasteiger partial charge in [0.1, 0.15) is 4.87 Å². The Morgan fingerprint density at radius 3 is 2.83 bits per heavy atom. The molecule has 0 bridgehead atoms. The summed E-state index contributed by atoms with van der Waals surface area (Å²) >= 11 is 7.08. The van der Waals surface area contributed by atoms with Gasteiger partial charge in [0, 0.05) is 5.38 Å². The smallest absolute Gasteiger partial charge is 0.180 e. The Morgan fingerprint density at radius 1 is 1.92 bits per heavy atom. The van der Waals surface area contributed by atoms with Crippen molar-refractivity contribution >= 4 is 33.9 Å². The van der Waals surface area contributed by atoms with Crippen molar-refractivity contribution in [3.05, 3.63) is 18.0 Å². The number of carbonyl (C=O) groups is 1. The molecule has 0 aliphatic carbocycles. The summed E-state index contributed by atoms with van der Waals surface area (Å²) < 4.78 is 0. The van der Waals surface area contributed by atoms with Crippen LogP contribution in [-0.4, -0.2) is 10.8 Å². The molecule has 65 valence electrons. The fourth-order valence-electron chi connectivity index (χ4n) is 0.650. The van der Waals surface area contributed by atoms with E-state index in [9.17, 15) is 4.79 Å². The summed E-state index contributed by atoms with van der Waals surface area (Å²) in [6.45, 7) is 4.93. The fourth-order valence-corrected chi connectivity index (χ4v) is 1.45. The third-order valence-corrected chi connectivity index (χ3v) is 2.62. The van der Waals surface area contributed by atoms with Crippen molar-refractivity contribution in [2.75, 3.05) is 5.73 Å². The molecule has 0 aliphatic heterocycles. The summed E-state index contributed by atoms with van der Waals surface area (Å²) in [6.07, 6.45) is 0. The van der Waals surface area contributed by atoms with E-state index in [0.29, 0.717) is 10.8 Å². The molecular weight excluding hydrogens is 196 g/mol. The second-order valence-electron chi connectivity index (χ2n) is 2.43. The Bertz CT molecular complexity index is 308. The number of thiazole rings is 1. The van der Waals surface area contributed by atoms with Crippen molar-refractivity contribution in [1.82, 2.24) is 4.98 Å². The van der Waals surface area contributed by atoms with Gasteiger partial charge < -0.3 is 5.73 Å². The molecule has 0 saturated heterocycles. The maximum absolute atomic E-state index is 11.0. The molecule has 1 atom stereocenters. The highest BCUT2D eigenvalue weighted by Crippen LogP contribution is 2.30. The number of halogens is 1. The first-order valence-electron chi connectivity index (χ1n) is 3.21. The number of aromatic nitrogens is 1. The number of nitrogens with zero attached hydrogens (tertiary/aromatic N) is 1. The average molecular weight is 204 g/mol. The molecule has 12 heavy (non-hydrogen) atoms. The zero-order chi connectivity index (χ0) is 9.35. The van der Waals surface area contributed by atoms with Gasteiger partial charge in [-0.05, 0) is 13.8 Å². The molecule has 2 N–H and O–H groups in total. The summed E-state index contributed by atoms with van der Waals surface area (Å²) in [4.78, 5) is 13.6. The number of alkyl halides is 1. The van der Waals surface area contributed by atoms with E-state index in [0.717, 1.165) is 0 Å². The number of nitrogen functional groups attached to an aromatic ring is 1. The molecule has 5 heteroatoms. The van der Waals surface area contributed by atoms with Crippen molar-refractivity contribution in [3.8, 4) is 0 Å². The molecule has 0 spiro atoms. The SMILES string of the molecule is [CH2]C(Cl)(C(C)=O)c1csc(N)n1. The maximum Gasteiger partial charge on any atom is 0.180 e. The monoisotopic (exact) mass is 203 g/mol. The minimum Gasteiger partial charge on any atom is -0.375 e. The fraction of sp³-hybridized carbons (Fsp3) is 0.286. The van der Waals surface area contributed by atoms with Gasteiger partial charge in [0.25, 0.3) is 0 Å². The highest BCUT2D eigenvalue weighted by Gasteiger charge is 2.31. The number of nitrogens with two attached hydrogens (primary N) is 1. The zero-order valence-electron chi connectivity index (χ0n) is 6.50. The van der Waals surface area contributed by atoms with Crippen LogP contribution in [0.5, 0.6) is 0 Å². The first-order chi connectivity index (χ1) is 5.44. The van der Waals surface area contributed by atoms with Gasteiger partial charge in [-0.3, -0.25) is 4.79 Å². The molecule has 0 aromatic carbocycles. The van der Waals surface area contributed by atoms with Crippen molar-refractivity contribution in [1.29, 1.82) is 0 Å². The van der Waals surface area contributed by atoms with E-state index in [4.69, 9.17) is 17.3 Å². The predicted octanol–water partition coefficient (Wildman–Crippen LogP) is 1.58. The van der Waals surface area contributed by atoms with Crippen molar-refractivity contribution in [2.45, 2.75) is 11.8 Å². The molecule has 0 saturated carbocycles. The maximum atomic E-state index is 11.0. The molecule has 3 nitrogen and oxygen atoms in total. The quantitative estimate of drug-likeness (QED) is 0.743. The number of rotatable bonds is 2. The second-order valence-corrected chi connectivity index (χ2v) is 3.96. The van der Waals surface area contributed by atoms with Crippen LogP contribution in [0.1, 0.15) is 12.6 Å². The number of ketones is 1. The van der Waals surface area contributed by atoms with Gasteiger partial charge in [0.2, 0.25) is 0 Å². The topological polar surface area (TPSA) is 56.0 Å². The molecule has 0 fully saturated rings. The lowest BCUT2D eigenvalue weighted by molar-refractivity contribution is -0.118. The molecular formula is C7H8ClN2OS. The van der Waals surface area contributed by atoms with Crippen LogP contribution in [0.2, 0.25) is 0 Å². The van der Waals surface area contributed by atoms with Gasteiger partial charge in [0.15, 0.2) is 10.9 Å². The summed E-state index contributed by atoms with van der Waals surface area (Å²) in [7, 11) is 0. The van der Waals surface area contributed by atoms with Gasteiger partial charge in [-0.1, -0.05) is 0 Å². The number of anilines is 1. The zero-order valence-corrected chi connectivity index (χ0v) is 8.08. The standard InChI is InChI=1S/C7H8ClN2OS/c1-4(11)7(2,8)5-3-12-6(9)10-5/h3H,2H2,1H3,(H2,9,10). The number of hydrogen-bond acceptors (Lipinski definition) is 4. The summed E-state index contributed by atoms with van der Waals surface area (Å²) in [5.74, 6) is -0.241. The Labute approximate surface area is 79.6 Å². The molecule has 0 amide bonds. The number of carbonyl (C=O) groups excluding carboxylic acids is 1. The highest BCUT2D eigenvalue weighted by molar-refractivity contribution is 7.13. The number of hydrogen-bond donors (Lipinski definition) is 1. The van der Waals surface area contributed by atoms with Crippen molar-refractivity contribution in [3.63, 3.8) is 0 Å². The Kier molecular flexibility index (Phi) is 2.39. The Morgan fingerprint density at radius 2 is 2.50 bits per heavy atom. The van der Waals surface area contributed by atoms with E-state index in [1.165, 1.54) is 18.3 Å². The molecule has 1 aromatic rings. The second kappa shape index (κ2) is 3.03. The first kappa shape index (κ1) is 9.48. The van der Waals surface area contributed by atoms with Crippen LogP contribution in [0.4, 0.5) is 5.13 Å². The van der Waals surface area contributed by atoms with Gasteiger partial charge >= 0.3 is 0 Å². The van der Waals surface area contributed by atoms with Crippen LogP contribution in [-0.2, 0) is 9.67 Å². The van der Waals surface area contributed by atoms with E-state index in [2.05, 4.69) is 11.9 Å². The first-order valence-corrected chi connectivity index (χ1v) is 4.47. The minimum atomic E-state index is -1.28. The van der Waals surface area contributed by atoms with Crippen LogP contribution < -0.4 is 5.73 Å². The molecule has 1 heterocycles. The molecule has 1 unspecified atom stereocenters.